The second-order valence-corrected chi connectivity index (χ2v) is 7.09. The van der Waals surface area contributed by atoms with Crippen LogP contribution in [0.5, 0.6) is 0 Å². The van der Waals surface area contributed by atoms with Crippen LogP contribution in [-0.4, -0.2) is 69.1 Å². The minimum atomic E-state index is -0.571. The average Bonchev–Trinajstić information content (AvgIpc) is 2.68. The Morgan fingerprint density at radius 1 is 1.31 bits per heavy atom. The third-order valence-electron chi connectivity index (χ3n) is 5.03. The number of esters is 1. The fourth-order valence-electron chi connectivity index (χ4n) is 3.43. The maximum Gasteiger partial charge on any atom is 0.308 e. The van der Waals surface area contributed by atoms with Gasteiger partial charge in [-0.05, 0) is 46.0 Å². The quantitative estimate of drug-likeness (QED) is 0.269. The normalized spacial score (nSPS) is 16.4. The van der Waals surface area contributed by atoms with Crippen LogP contribution in [0.25, 0.3) is 0 Å². The Bertz CT molecular complexity index is 675. The first-order valence-corrected chi connectivity index (χ1v) is 9.60. The number of rotatable bonds is 6. The lowest BCUT2D eigenvalue weighted by atomic mass is 9.97. The molecule has 0 bridgehead atoms. The Balaban J connectivity index is 0.00000420. The summed E-state index contributed by atoms with van der Waals surface area (Å²) in [4.78, 5) is 20.2. The van der Waals surface area contributed by atoms with E-state index in [1.807, 2.05) is 6.92 Å². The molecule has 1 aromatic carbocycles. The maximum absolute atomic E-state index is 14.3. The number of benzene rings is 1. The highest BCUT2D eigenvalue weighted by atomic mass is 127. The molecule has 1 saturated heterocycles. The number of likely N-dealkylation sites (N-methyl/N-ethyl adjacent to an activating group) is 1. The highest BCUT2D eigenvalue weighted by molar-refractivity contribution is 14.0. The maximum atomic E-state index is 14.3. The molecule has 1 fully saturated rings. The molecule has 0 saturated carbocycles. The Labute approximate surface area is 188 Å². The highest BCUT2D eigenvalue weighted by Gasteiger charge is 2.28. The molecule has 1 aliphatic rings. The van der Waals surface area contributed by atoms with E-state index in [2.05, 4.69) is 15.2 Å². The predicted molar refractivity (Wildman–Crippen MR) is 120 cm³/mol. The lowest BCUT2D eigenvalue weighted by Crippen LogP contribution is -2.47. The fraction of sp³-hybridized carbons (Fsp3) is 0.600. The number of methoxy groups -OCH3 is 1. The SMILES string of the molecule is CCNC(=NCC(c1c(F)cccc1F)N(C)C)N1CCC(C(=O)OC)CC1.I. The Morgan fingerprint density at radius 2 is 1.90 bits per heavy atom. The zero-order chi connectivity index (χ0) is 20.7. The number of halogens is 3. The lowest BCUT2D eigenvalue weighted by molar-refractivity contribution is -0.146. The second kappa shape index (κ2) is 12.3. The van der Waals surface area contributed by atoms with Gasteiger partial charge < -0.3 is 19.9 Å². The van der Waals surface area contributed by atoms with Crippen LogP contribution in [-0.2, 0) is 9.53 Å². The standard InChI is InChI=1S/C20H30F2N4O2.HI/c1-5-23-20(26-11-9-14(10-12-26)19(27)28-4)24-13-17(25(2)3)18-15(21)7-6-8-16(18)22;/h6-8,14,17H,5,9-13H2,1-4H3,(H,23,24);1H. The molecule has 1 atom stereocenters. The number of nitrogens with one attached hydrogen (secondary N) is 1. The van der Waals surface area contributed by atoms with Crippen molar-refractivity contribution in [3.05, 3.63) is 35.4 Å². The number of ether oxygens (including phenoxy) is 1. The van der Waals surface area contributed by atoms with Gasteiger partial charge in [-0.2, -0.15) is 0 Å². The van der Waals surface area contributed by atoms with E-state index in [1.54, 1.807) is 19.0 Å². The van der Waals surface area contributed by atoms with Crippen LogP contribution in [0.4, 0.5) is 8.78 Å². The molecule has 29 heavy (non-hydrogen) atoms. The molecule has 164 valence electrons. The van der Waals surface area contributed by atoms with E-state index in [0.717, 1.165) is 0 Å². The van der Waals surface area contributed by atoms with Crippen LogP contribution < -0.4 is 5.32 Å². The van der Waals surface area contributed by atoms with Gasteiger partial charge in [0.05, 0.1) is 25.6 Å². The third kappa shape index (κ3) is 6.77. The van der Waals surface area contributed by atoms with Gasteiger partial charge in [0.15, 0.2) is 5.96 Å². The molecule has 0 aromatic heterocycles. The Hall–Kier alpha value is -1.49. The summed E-state index contributed by atoms with van der Waals surface area (Å²) >= 11 is 0. The van der Waals surface area contributed by atoms with Crippen molar-refractivity contribution >= 4 is 35.9 Å². The van der Waals surface area contributed by atoms with Crippen molar-refractivity contribution in [2.24, 2.45) is 10.9 Å². The van der Waals surface area contributed by atoms with E-state index >= 15 is 0 Å². The summed E-state index contributed by atoms with van der Waals surface area (Å²) in [5, 5.41) is 3.24. The predicted octanol–water partition coefficient (Wildman–Crippen LogP) is 3.04. The van der Waals surface area contributed by atoms with Gasteiger partial charge in [0, 0.05) is 25.2 Å². The molecule has 1 heterocycles. The van der Waals surface area contributed by atoms with Gasteiger partial charge in [-0.3, -0.25) is 9.79 Å². The molecule has 1 N–H and O–H groups in total. The van der Waals surface area contributed by atoms with Crippen molar-refractivity contribution in [3.63, 3.8) is 0 Å². The Kier molecular flexibility index (Phi) is 10.8. The van der Waals surface area contributed by atoms with Crippen molar-refractivity contribution in [3.8, 4) is 0 Å². The minimum Gasteiger partial charge on any atom is -0.469 e. The number of hydrogen-bond donors (Lipinski definition) is 1. The lowest BCUT2D eigenvalue weighted by Gasteiger charge is -2.33. The summed E-state index contributed by atoms with van der Waals surface area (Å²) in [5.41, 5.74) is 0.0245. The molecule has 0 aliphatic carbocycles. The van der Waals surface area contributed by atoms with Crippen LogP contribution in [0, 0.1) is 17.6 Å². The first-order chi connectivity index (χ1) is 13.4. The molecule has 0 amide bonds. The van der Waals surface area contributed by atoms with Crippen LogP contribution in [0.1, 0.15) is 31.4 Å². The van der Waals surface area contributed by atoms with Gasteiger partial charge in [-0.25, -0.2) is 8.78 Å². The van der Waals surface area contributed by atoms with Crippen molar-refractivity contribution in [2.45, 2.75) is 25.8 Å². The van der Waals surface area contributed by atoms with Crippen molar-refractivity contribution in [1.29, 1.82) is 0 Å². The summed E-state index contributed by atoms with van der Waals surface area (Å²) < 4.78 is 33.3. The van der Waals surface area contributed by atoms with Crippen molar-refractivity contribution in [2.75, 3.05) is 47.4 Å². The number of guanidine groups is 1. The zero-order valence-electron chi connectivity index (χ0n) is 17.5. The zero-order valence-corrected chi connectivity index (χ0v) is 19.8. The average molecular weight is 524 g/mol. The molecule has 2 rings (SSSR count). The molecule has 0 radical (unpaired) electrons. The van der Waals surface area contributed by atoms with Gasteiger partial charge in [0.25, 0.3) is 0 Å². The largest absolute Gasteiger partial charge is 0.469 e. The van der Waals surface area contributed by atoms with Gasteiger partial charge in [-0.15, -0.1) is 24.0 Å². The second-order valence-electron chi connectivity index (χ2n) is 7.09. The molecule has 1 aromatic rings. The summed E-state index contributed by atoms with van der Waals surface area (Å²) in [5.74, 6) is -0.722. The van der Waals surface area contributed by atoms with Crippen LogP contribution in [0.15, 0.2) is 23.2 Å². The van der Waals surface area contributed by atoms with Crippen molar-refractivity contribution < 1.29 is 18.3 Å². The van der Waals surface area contributed by atoms with Crippen LogP contribution in [0.2, 0.25) is 0 Å². The molecular weight excluding hydrogens is 493 g/mol. The molecule has 6 nitrogen and oxygen atoms in total. The van der Waals surface area contributed by atoms with Crippen molar-refractivity contribution in [1.82, 2.24) is 15.1 Å². The monoisotopic (exact) mass is 524 g/mol. The van der Waals surface area contributed by atoms with E-state index in [9.17, 15) is 13.6 Å². The van der Waals surface area contributed by atoms with Crippen LogP contribution in [0.3, 0.4) is 0 Å². The summed E-state index contributed by atoms with van der Waals surface area (Å²) in [6.07, 6.45) is 1.38. The van der Waals surface area contributed by atoms with E-state index < -0.39 is 17.7 Å². The summed E-state index contributed by atoms with van der Waals surface area (Å²) in [6.45, 7) is 4.20. The number of piperidine rings is 1. The topological polar surface area (TPSA) is 57.2 Å². The first-order valence-electron chi connectivity index (χ1n) is 9.60. The number of hydrogen-bond acceptors (Lipinski definition) is 4. The first kappa shape index (κ1) is 25.5. The molecule has 1 unspecified atom stereocenters. The molecular formula is C20H31F2IN4O2. The van der Waals surface area contributed by atoms with Gasteiger partial charge >= 0.3 is 5.97 Å². The molecule has 0 spiro atoms. The number of nitrogens with zero attached hydrogens (tertiary/aromatic N) is 3. The number of carbonyl (C=O) groups excluding carboxylic acids is 1. The molecule has 1 aliphatic heterocycles. The fourth-order valence-corrected chi connectivity index (χ4v) is 3.43. The number of likely N-dealkylation sites (tertiary alicyclic amines) is 1. The summed E-state index contributed by atoms with van der Waals surface area (Å²) in [7, 11) is 4.96. The highest BCUT2D eigenvalue weighted by Crippen LogP contribution is 2.25. The third-order valence-corrected chi connectivity index (χ3v) is 5.03. The summed E-state index contributed by atoms with van der Waals surface area (Å²) in [6, 6.07) is 3.37. The van der Waals surface area contributed by atoms with E-state index in [-0.39, 0.29) is 48.0 Å². The molecule has 9 heteroatoms. The minimum absolute atomic E-state index is 0. The van der Waals surface area contributed by atoms with Gasteiger partial charge in [0.1, 0.15) is 11.6 Å². The van der Waals surface area contributed by atoms with E-state index in [0.29, 0.717) is 38.4 Å². The van der Waals surface area contributed by atoms with E-state index in [4.69, 9.17) is 4.74 Å². The van der Waals surface area contributed by atoms with Gasteiger partial charge in [-0.1, -0.05) is 6.07 Å². The smallest absolute Gasteiger partial charge is 0.308 e. The van der Waals surface area contributed by atoms with Gasteiger partial charge in [0.2, 0.25) is 0 Å². The van der Waals surface area contributed by atoms with Crippen LogP contribution >= 0.6 is 24.0 Å². The number of carbonyl (C=O) groups is 1. The number of aliphatic imine (C=N–C) groups is 1. The van der Waals surface area contributed by atoms with E-state index in [1.165, 1.54) is 25.3 Å². The Morgan fingerprint density at radius 3 is 2.38 bits per heavy atom.